The quantitative estimate of drug-likeness (QED) is 0.805. The number of thiophene rings is 1. The van der Waals surface area contributed by atoms with Crippen LogP contribution in [0.3, 0.4) is 0 Å². The summed E-state index contributed by atoms with van der Waals surface area (Å²) in [5.74, 6) is -0.0577. The molecule has 0 saturated heterocycles. The number of carbonyl (C=O) groups is 1. The molecule has 1 amide bonds. The van der Waals surface area contributed by atoms with Gasteiger partial charge in [0, 0.05) is 24.7 Å². The zero-order valence-electron chi connectivity index (χ0n) is 11.8. The molecule has 2 heterocycles. The SMILES string of the molecule is Cn1c(=O)n(C)c2cc(NC(=O)Cc3cccs3)ccc21. The first-order valence-corrected chi connectivity index (χ1v) is 7.42. The number of anilines is 1. The smallest absolute Gasteiger partial charge is 0.326 e. The Morgan fingerprint density at radius 1 is 1.19 bits per heavy atom. The van der Waals surface area contributed by atoms with Crippen molar-refractivity contribution >= 4 is 34.0 Å². The molecule has 0 aliphatic rings. The Kier molecular flexibility index (Phi) is 3.39. The molecular weight excluding hydrogens is 286 g/mol. The highest BCUT2D eigenvalue weighted by Gasteiger charge is 2.10. The van der Waals surface area contributed by atoms with Crippen molar-refractivity contribution in [3.8, 4) is 0 Å². The molecule has 3 aromatic rings. The van der Waals surface area contributed by atoms with Gasteiger partial charge in [0.15, 0.2) is 0 Å². The van der Waals surface area contributed by atoms with Crippen molar-refractivity contribution in [2.24, 2.45) is 14.1 Å². The van der Waals surface area contributed by atoms with Gasteiger partial charge < -0.3 is 5.32 Å². The third-order valence-corrected chi connectivity index (χ3v) is 4.35. The highest BCUT2D eigenvalue weighted by Crippen LogP contribution is 2.18. The van der Waals surface area contributed by atoms with E-state index in [1.807, 2.05) is 35.7 Å². The van der Waals surface area contributed by atoms with E-state index in [1.54, 1.807) is 34.6 Å². The van der Waals surface area contributed by atoms with E-state index in [-0.39, 0.29) is 11.6 Å². The normalized spacial score (nSPS) is 11.0. The predicted octanol–water partition coefficient (Wildman–Crippen LogP) is 2.12. The van der Waals surface area contributed by atoms with Gasteiger partial charge in [-0.15, -0.1) is 11.3 Å². The van der Waals surface area contributed by atoms with Crippen LogP contribution in [0.1, 0.15) is 4.88 Å². The van der Waals surface area contributed by atoms with Crippen molar-refractivity contribution in [1.29, 1.82) is 0 Å². The Morgan fingerprint density at radius 3 is 2.67 bits per heavy atom. The van der Waals surface area contributed by atoms with E-state index in [0.29, 0.717) is 12.1 Å². The van der Waals surface area contributed by atoms with E-state index in [4.69, 9.17) is 0 Å². The molecule has 2 aromatic heterocycles. The number of aryl methyl sites for hydroxylation is 2. The van der Waals surface area contributed by atoms with Gasteiger partial charge in [0.1, 0.15) is 0 Å². The lowest BCUT2D eigenvalue weighted by Crippen LogP contribution is -2.19. The molecule has 5 nitrogen and oxygen atoms in total. The number of benzene rings is 1. The van der Waals surface area contributed by atoms with Crippen LogP contribution >= 0.6 is 11.3 Å². The van der Waals surface area contributed by atoms with Gasteiger partial charge in [0.25, 0.3) is 0 Å². The molecule has 0 atom stereocenters. The Morgan fingerprint density at radius 2 is 1.95 bits per heavy atom. The van der Waals surface area contributed by atoms with Crippen LogP contribution in [0, 0.1) is 0 Å². The average Bonchev–Trinajstić information content (AvgIpc) is 3.03. The number of hydrogen-bond donors (Lipinski definition) is 1. The van der Waals surface area contributed by atoms with Crippen LogP contribution in [0.5, 0.6) is 0 Å². The summed E-state index contributed by atoms with van der Waals surface area (Å²) in [6, 6.07) is 9.35. The number of nitrogens with one attached hydrogen (secondary N) is 1. The molecule has 0 bridgehead atoms. The van der Waals surface area contributed by atoms with E-state index >= 15 is 0 Å². The molecule has 1 aromatic carbocycles. The summed E-state index contributed by atoms with van der Waals surface area (Å²) < 4.78 is 3.16. The molecule has 6 heteroatoms. The number of carbonyl (C=O) groups excluding carboxylic acids is 1. The van der Waals surface area contributed by atoms with E-state index < -0.39 is 0 Å². The minimum atomic E-state index is -0.0768. The van der Waals surface area contributed by atoms with Gasteiger partial charge in [0.2, 0.25) is 5.91 Å². The van der Waals surface area contributed by atoms with Gasteiger partial charge in [-0.3, -0.25) is 13.9 Å². The summed E-state index contributed by atoms with van der Waals surface area (Å²) in [5.41, 5.74) is 2.27. The number of imidazole rings is 1. The van der Waals surface area contributed by atoms with E-state index in [0.717, 1.165) is 15.9 Å². The fourth-order valence-electron chi connectivity index (χ4n) is 2.36. The number of hydrogen-bond acceptors (Lipinski definition) is 3. The largest absolute Gasteiger partial charge is 0.328 e. The van der Waals surface area contributed by atoms with Crippen molar-refractivity contribution in [3.05, 3.63) is 51.1 Å². The molecule has 21 heavy (non-hydrogen) atoms. The minimum Gasteiger partial charge on any atom is -0.326 e. The van der Waals surface area contributed by atoms with Gasteiger partial charge in [-0.2, -0.15) is 0 Å². The second kappa shape index (κ2) is 5.21. The van der Waals surface area contributed by atoms with E-state index in [2.05, 4.69) is 5.32 Å². The van der Waals surface area contributed by atoms with Crippen molar-refractivity contribution < 1.29 is 4.79 Å². The maximum atomic E-state index is 12.0. The predicted molar refractivity (Wildman–Crippen MR) is 84.8 cm³/mol. The number of aromatic nitrogens is 2. The topological polar surface area (TPSA) is 56.0 Å². The highest BCUT2D eigenvalue weighted by molar-refractivity contribution is 7.10. The molecule has 3 rings (SSSR count). The van der Waals surface area contributed by atoms with Gasteiger partial charge >= 0.3 is 5.69 Å². The highest BCUT2D eigenvalue weighted by atomic mass is 32.1. The third kappa shape index (κ3) is 2.50. The standard InChI is InChI=1S/C15H15N3O2S/c1-17-12-6-5-10(8-13(12)18(2)15(17)20)16-14(19)9-11-4-3-7-21-11/h3-8H,9H2,1-2H3,(H,16,19). The monoisotopic (exact) mass is 301 g/mol. The molecular formula is C15H15N3O2S. The molecule has 0 radical (unpaired) electrons. The van der Waals surface area contributed by atoms with Gasteiger partial charge in [0.05, 0.1) is 17.5 Å². The first-order chi connectivity index (χ1) is 10.1. The zero-order chi connectivity index (χ0) is 15.0. The Bertz CT molecular complexity index is 859. The van der Waals surface area contributed by atoms with Crippen LogP contribution in [0.2, 0.25) is 0 Å². The Labute approximate surface area is 125 Å². The summed E-state index contributed by atoms with van der Waals surface area (Å²) in [4.78, 5) is 24.9. The van der Waals surface area contributed by atoms with Crippen LogP contribution in [-0.2, 0) is 25.3 Å². The van der Waals surface area contributed by atoms with Crippen molar-refractivity contribution in [2.75, 3.05) is 5.32 Å². The number of nitrogens with zero attached hydrogens (tertiary/aromatic N) is 2. The first kappa shape index (κ1) is 13.6. The fourth-order valence-corrected chi connectivity index (χ4v) is 3.06. The first-order valence-electron chi connectivity index (χ1n) is 6.54. The molecule has 1 N–H and O–H groups in total. The van der Waals surface area contributed by atoms with Crippen LogP contribution in [0.15, 0.2) is 40.5 Å². The van der Waals surface area contributed by atoms with Gasteiger partial charge in [-0.25, -0.2) is 4.79 Å². The maximum absolute atomic E-state index is 12.0. The summed E-state index contributed by atoms with van der Waals surface area (Å²) in [7, 11) is 3.46. The molecule has 0 fully saturated rings. The summed E-state index contributed by atoms with van der Waals surface area (Å²) >= 11 is 1.56. The summed E-state index contributed by atoms with van der Waals surface area (Å²) in [6.07, 6.45) is 0.365. The number of amides is 1. The van der Waals surface area contributed by atoms with Crippen LogP contribution in [0.4, 0.5) is 5.69 Å². The third-order valence-electron chi connectivity index (χ3n) is 3.47. The molecule has 0 spiro atoms. The lowest BCUT2D eigenvalue weighted by molar-refractivity contribution is -0.115. The molecule has 0 saturated carbocycles. The summed E-state index contributed by atoms with van der Waals surface area (Å²) in [6.45, 7) is 0. The molecule has 108 valence electrons. The van der Waals surface area contributed by atoms with Crippen LogP contribution in [-0.4, -0.2) is 15.0 Å². The number of fused-ring (bicyclic) bond motifs is 1. The fraction of sp³-hybridized carbons (Fsp3) is 0.200. The lowest BCUT2D eigenvalue weighted by Gasteiger charge is -2.05. The van der Waals surface area contributed by atoms with Crippen LogP contribution in [0.25, 0.3) is 11.0 Å². The lowest BCUT2D eigenvalue weighted by atomic mass is 10.2. The van der Waals surface area contributed by atoms with E-state index in [1.165, 1.54) is 0 Å². The maximum Gasteiger partial charge on any atom is 0.328 e. The molecule has 0 aliphatic heterocycles. The van der Waals surface area contributed by atoms with Crippen molar-refractivity contribution in [2.45, 2.75) is 6.42 Å². The van der Waals surface area contributed by atoms with Crippen LogP contribution < -0.4 is 11.0 Å². The Balaban J connectivity index is 1.86. The van der Waals surface area contributed by atoms with Gasteiger partial charge in [-0.05, 0) is 29.6 Å². The summed E-state index contributed by atoms with van der Waals surface area (Å²) in [5, 5.41) is 4.82. The second-order valence-corrected chi connectivity index (χ2v) is 5.94. The van der Waals surface area contributed by atoms with Crippen molar-refractivity contribution in [1.82, 2.24) is 9.13 Å². The average molecular weight is 301 g/mol. The molecule has 0 aliphatic carbocycles. The van der Waals surface area contributed by atoms with Gasteiger partial charge in [-0.1, -0.05) is 6.07 Å². The van der Waals surface area contributed by atoms with E-state index in [9.17, 15) is 9.59 Å². The molecule has 0 unspecified atom stereocenters. The van der Waals surface area contributed by atoms with Crippen molar-refractivity contribution in [3.63, 3.8) is 0 Å². The second-order valence-electron chi connectivity index (χ2n) is 4.91. The Hall–Kier alpha value is -2.34. The minimum absolute atomic E-state index is 0.0577. The zero-order valence-corrected chi connectivity index (χ0v) is 12.6. The number of rotatable bonds is 3.